The van der Waals surface area contributed by atoms with Gasteiger partial charge in [0.25, 0.3) is 15.9 Å². The maximum absolute atomic E-state index is 12.7. The van der Waals surface area contributed by atoms with Crippen LogP contribution in [0.5, 0.6) is 0 Å². The van der Waals surface area contributed by atoms with Crippen LogP contribution in [0.4, 0.5) is 18.9 Å². The molecular weight excluding hydrogens is 441 g/mol. The van der Waals surface area contributed by atoms with Crippen molar-refractivity contribution in [3.05, 3.63) is 95.1 Å². The average Bonchev–Trinajstić information content (AvgIpc) is 2.75. The molecule has 1 atom stereocenters. The summed E-state index contributed by atoms with van der Waals surface area (Å²) in [4.78, 5) is 12.5. The van der Waals surface area contributed by atoms with Crippen molar-refractivity contribution < 1.29 is 26.4 Å². The minimum Gasteiger partial charge on any atom is -0.346 e. The van der Waals surface area contributed by atoms with Crippen molar-refractivity contribution in [3.63, 3.8) is 0 Å². The van der Waals surface area contributed by atoms with Gasteiger partial charge in [0.15, 0.2) is 0 Å². The van der Waals surface area contributed by atoms with E-state index < -0.39 is 33.7 Å². The van der Waals surface area contributed by atoms with Crippen molar-refractivity contribution in [1.82, 2.24) is 5.32 Å². The predicted octanol–water partition coefficient (Wildman–Crippen LogP) is 5.31. The lowest BCUT2D eigenvalue weighted by Gasteiger charge is -2.16. The Kier molecular flexibility index (Phi) is 6.59. The van der Waals surface area contributed by atoms with Crippen molar-refractivity contribution in [1.29, 1.82) is 0 Å². The molecule has 0 aliphatic rings. The van der Waals surface area contributed by atoms with Gasteiger partial charge in [-0.2, -0.15) is 13.2 Å². The van der Waals surface area contributed by atoms with Crippen LogP contribution in [0.25, 0.3) is 0 Å². The van der Waals surface area contributed by atoms with Gasteiger partial charge in [0.1, 0.15) is 0 Å². The number of rotatable bonds is 6. The summed E-state index contributed by atoms with van der Waals surface area (Å²) >= 11 is 0. The van der Waals surface area contributed by atoms with Crippen molar-refractivity contribution in [3.8, 4) is 0 Å². The van der Waals surface area contributed by atoms with Crippen molar-refractivity contribution >= 4 is 21.6 Å². The summed E-state index contributed by atoms with van der Waals surface area (Å²) in [5.74, 6) is -0.479. The van der Waals surface area contributed by atoms with Crippen molar-refractivity contribution in [2.75, 3.05) is 4.72 Å². The zero-order chi connectivity index (χ0) is 23.5. The largest absolute Gasteiger partial charge is 0.416 e. The molecule has 3 aromatic carbocycles. The summed E-state index contributed by atoms with van der Waals surface area (Å²) in [7, 11) is -3.83. The van der Waals surface area contributed by atoms with Crippen LogP contribution in [0.3, 0.4) is 0 Å². The second-order valence-corrected chi connectivity index (χ2v) is 8.94. The molecule has 0 bridgehead atoms. The van der Waals surface area contributed by atoms with E-state index in [2.05, 4.69) is 10.0 Å². The molecule has 0 radical (unpaired) electrons. The fourth-order valence-corrected chi connectivity index (χ4v) is 4.13. The summed E-state index contributed by atoms with van der Waals surface area (Å²) in [5, 5.41) is 2.69. The fourth-order valence-electron chi connectivity index (χ4n) is 3.00. The minimum absolute atomic E-state index is 0.00640. The SMILES string of the molecule is Cc1ccccc1NS(=O)(=O)c1ccc(C(=O)NC(C)c2ccc(C(F)(F)F)cc2)cc1. The molecule has 0 aromatic heterocycles. The summed E-state index contributed by atoms with van der Waals surface area (Å²) in [6, 6.07) is 16.3. The highest BCUT2D eigenvalue weighted by Crippen LogP contribution is 2.30. The summed E-state index contributed by atoms with van der Waals surface area (Å²) in [6.45, 7) is 3.43. The molecule has 0 aliphatic heterocycles. The van der Waals surface area contributed by atoms with E-state index in [1.807, 2.05) is 0 Å². The van der Waals surface area contributed by atoms with Gasteiger partial charge in [-0.25, -0.2) is 8.42 Å². The molecule has 0 saturated carbocycles. The standard InChI is InChI=1S/C23H21F3N2O3S/c1-15-5-3-4-6-21(15)28-32(30,31)20-13-9-18(10-14-20)22(29)27-16(2)17-7-11-19(12-8-17)23(24,25)26/h3-14,16,28H,1-2H3,(H,27,29). The van der Waals surface area contributed by atoms with Gasteiger partial charge in [-0.15, -0.1) is 0 Å². The topological polar surface area (TPSA) is 75.3 Å². The Bertz CT molecular complexity index is 1210. The minimum atomic E-state index is -4.43. The third-order valence-electron chi connectivity index (χ3n) is 4.90. The van der Waals surface area contributed by atoms with Crippen LogP contribution in [-0.4, -0.2) is 14.3 Å². The van der Waals surface area contributed by atoms with Crippen LogP contribution >= 0.6 is 0 Å². The number of sulfonamides is 1. The first kappa shape index (κ1) is 23.3. The second-order valence-electron chi connectivity index (χ2n) is 7.26. The molecule has 1 amide bonds. The molecule has 0 heterocycles. The van der Waals surface area contributed by atoms with Crippen LogP contribution < -0.4 is 10.0 Å². The van der Waals surface area contributed by atoms with Gasteiger partial charge in [-0.1, -0.05) is 30.3 Å². The first-order valence-electron chi connectivity index (χ1n) is 9.64. The Balaban J connectivity index is 1.69. The number of alkyl halides is 3. The molecule has 9 heteroatoms. The maximum Gasteiger partial charge on any atom is 0.416 e. The van der Waals surface area contributed by atoms with Crippen LogP contribution in [-0.2, 0) is 16.2 Å². The number of benzene rings is 3. The zero-order valence-corrected chi connectivity index (χ0v) is 18.1. The number of para-hydroxylation sites is 1. The lowest BCUT2D eigenvalue weighted by molar-refractivity contribution is -0.137. The Morgan fingerprint density at radius 3 is 2.06 bits per heavy atom. The second kappa shape index (κ2) is 9.04. The lowest BCUT2D eigenvalue weighted by atomic mass is 10.1. The van der Waals surface area contributed by atoms with E-state index in [0.717, 1.165) is 17.7 Å². The molecule has 2 N–H and O–H groups in total. The van der Waals surface area contributed by atoms with E-state index in [1.165, 1.54) is 36.4 Å². The van der Waals surface area contributed by atoms with E-state index >= 15 is 0 Å². The van der Waals surface area contributed by atoms with Crippen LogP contribution in [0.2, 0.25) is 0 Å². The Morgan fingerprint density at radius 1 is 0.906 bits per heavy atom. The van der Waals surface area contributed by atoms with Gasteiger partial charge in [0, 0.05) is 5.56 Å². The van der Waals surface area contributed by atoms with E-state index in [4.69, 9.17) is 0 Å². The van der Waals surface area contributed by atoms with E-state index in [-0.39, 0.29) is 10.5 Å². The zero-order valence-electron chi connectivity index (χ0n) is 17.3. The van der Waals surface area contributed by atoms with Gasteiger partial charge < -0.3 is 5.32 Å². The molecule has 0 aliphatic carbocycles. The van der Waals surface area contributed by atoms with E-state index in [9.17, 15) is 26.4 Å². The van der Waals surface area contributed by atoms with Crippen LogP contribution in [0.1, 0.15) is 40.0 Å². The number of hydrogen-bond acceptors (Lipinski definition) is 3. The summed E-state index contributed by atoms with van der Waals surface area (Å²) < 4.78 is 65.8. The molecule has 32 heavy (non-hydrogen) atoms. The number of hydrogen-bond donors (Lipinski definition) is 2. The van der Waals surface area contributed by atoms with Gasteiger partial charge in [0.05, 0.1) is 22.2 Å². The monoisotopic (exact) mass is 462 g/mol. The number of amides is 1. The molecule has 168 valence electrons. The van der Waals surface area contributed by atoms with Gasteiger partial charge in [-0.05, 0) is 67.4 Å². The first-order chi connectivity index (χ1) is 15.0. The lowest BCUT2D eigenvalue weighted by Crippen LogP contribution is -2.26. The third-order valence-corrected chi connectivity index (χ3v) is 6.28. The van der Waals surface area contributed by atoms with Crippen LogP contribution in [0.15, 0.2) is 77.7 Å². The smallest absolute Gasteiger partial charge is 0.346 e. The molecule has 0 saturated heterocycles. The first-order valence-corrected chi connectivity index (χ1v) is 11.1. The predicted molar refractivity (Wildman–Crippen MR) is 116 cm³/mol. The molecular formula is C23H21F3N2O3S. The van der Waals surface area contributed by atoms with Gasteiger partial charge in [0.2, 0.25) is 0 Å². The number of carbonyl (C=O) groups excluding carboxylic acids is 1. The molecule has 0 fully saturated rings. The number of anilines is 1. The number of halogens is 3. The van der Waals surface area contributed by atoms with Crippen molar-refractivity contribution in [2.45, 2.75) is 31.0 Å². The number of nitrogens with one attached hydrogen (secondary N) is 2. The average molecular weight is 462 g/mol. The van der Waals surface area contributed by atoms with E-state index in [0.29, 0.717) is 11.3 Å². The third kappa shape index (κ3) is 5.47. The molecule has 0 spiro atoms. The molecule has 3 aromatic rings. The number of aryl methyl sites for hydroxylation is 1. The molecule has 1 unspecified atom stereocenters. The maximum atomic E-state index is 12.7. The fraction of sp³-hybridized carbons (Fsp3) is 0.174. The highest BCUT2D eigenvalue weighted by molar-refractivity contribution is 7.92. The Labute approximate surface area is 184 Å². The normalized spacial score (nSPS) is 12.8. The molecule has 5 nitrogen and oxygen atoms in total. The molecule has 3 rings (SSSR count). The Morgan fingerprint density at radius 2 is 1.50 bits per heavy atom. The number of carbonyl (C=O) groups is 1. The quantitative estimate of drug-likeness (QED) is 0.522. The van der Waals surface area contributed by atoms with Crippen molar-refractivity contribution in [2.24, 2.45) is 0 Å². The van der Waals surface area contributed by atoms with E-state index in [1.54, 1.807) is 38.1 Å². The van der Waals surface area contributed by atoms with Gasteiger partial charge in [-0.3, -0.25) is 9.52 Å². The highest BCUT2D eigenvalue weighted by Gasteiger charge is 2.30. The van der Waals surface area contributed by atoms with Gasteiger partial charge >= 0.3 is 6.18 Å². The summed E-state index contributed by atoms with van der Waals surface area (Å²) in [5.41, 5.74) is 1.19. The summed E-state index contributed by atoms with van der Waals surface area (Å²) in [6.07, 6.45) is -4.43. The highest BCUT2D eigenvalue weighted by atomic mass is 32.2. The Hall–Kier alpha value is -3.33. The van der Waals surface area contributed by atoms with Crippen LogP contribution in [0, 0.1) is 6.92 Å².